The summed E-state index contributed by atoms with van der Waals surface area (Å²) in [4.78, 5) is 31.2. The maximum atomic E-state index is 12.9. The van der Waals surface area contributed by atoms with E-state index in [1.54, 1.807) is 29.2 Å². The third-order valence-electron chi connectivity index (χ3n) is 7.05. The van der Waals surface area contributed by atoms with Crippen LogP contribution in [0.3, 0.4) is 0 Å². The fourth-order valence-corrected chi connectivity index (χ4v) is 4.93. The number of β-amino-alcohol motifs (C(OH)–C–C–N with tert-alkyl or cyclic N) is 1. The SMILES string of the molecule is Cc1ccc(Cn2cc(C(=O)NC3=CCC(=O)C(c4cc5cc(CN6CC(O)C6)ccc5[nH]4)=C3)cn2)cc1. The van der Waals surface area contributed by atoms with Gasteiger partial charge in [0.05, 0.1) is 30.1 Å². The Morgan fingerprint density at radius 2 is 1.89 bits per heavy atom. The molecule has 1 fully saturated rings. The van der Waals surface area contributed by atoms with Crippen molar-refractivity contribution in [1.82, 2.24) is 25.0 Å². The first-order chi connectivity index (χ1) is 18.4. The fraction of sp³-hybridized carbons (Fsp3) is 0.233. The zero-order chi connectivity index (χ0) is 26.2. The highest BCUT2D eigenvalue weighted by Crippen LogP contribution is 2.27. The Morgan fingerprint density at radius 3 is 2.68 bits per heavy atom. The second kappa shape index (κ2) is 9.89. The van der Waals surface area contributed by atoms with Gasteiger partial charge < -0.3 is 15.4 Å². The quantitative estimate of drug-likeness (QED) is 0.355. The van der Waals surface area contributed by atoms with Gasteiger partial charge in [0.15, 0.2) is 5.78 Å². The summed E-state index contributed by atoms with van der Waals surface area (Å²) in [6, 6.07) is 16.4. The first-order valence-corrected chi connectivity index (χ1v) is 12.8. The number of H-pyrrole nitrogens is 1. The van der Waals surface area contributed by atoms with Crippen molar-refractivity contribution in [2.75, 3.05) is 13.1 Å². The molecule has 0 radical (unpaired) electrons. The van der Waals surface area contributed by atoms with Crippen molar-refractivity contribution in [1.29, 1.82) is 0 Å². The lowest BCUT2D eigenvalue weighted by molar-refractivity contribution is -0.113. The molecule has 1 aliphatic heterocycles. The molecule has 6 rings (SSSR count). The van der Waals surface area contributed by atoms with Crippen LogP contribution in [-0.2, 0) is 17.9 Å². The van der Waals surface area contributed by atoms with Crippen molar-refractivity contribution < 1.29 is 14.7 Å². The maximum absolute atomic E-state index is 12.9. The van der Waals surface area contributed by atoms with Crippen LogP contribution in [0.2, 0.25) is 0 Å². The number of Topliss-reactive ketones (excluding diaryl/α,β-unsaturated/α-hetero) is 1. The van der Waals surface area contributed by atoms with E-state index >= 15 is 0 Å². The first kappa shape index (κ1) is 24.1. The monoisotopic (exact) mass is 507 g/mol. The first-order valence-electron chi connectivity index (χ1n) is 12.8. The van der Waals surface area contributed by atoms with Crippen molar-refractivity contribution in [3.8, 4) is 0 Å². The van der Waals surface area contributed by atoms with Crippen LogP contribution in [0, 0.1) is 6.92 Å². The number of amides is 1. The summed E-state index contributed by atoms with van der Waals surface area (Å²) in [6.45, 7) is 4.81. The summed E-state index contributed by atoms with van der Waals surface area (Å²) in [5.41, 5.74) is 6.73. The second-order valence-corrected chi connectivity index (χ2v) is 10.2. The zero-order valence-electron chi connectivity index (χ0n) is 21.1. The van der Waals surface area contributed by atoms with Crippen LogP contribution in [0.5, 0.6) is 0 Å². The Hall–Kier alpha value is -4.27. The van der Waals surface area contributed by atoms with E-state index in [0.717, 1.165) is 34.3 Å². The molecule has 38 heavy (non-hydrogen) atoms. The van der Waals surface area contributed by atoms with Crippen molar-refractivity contribution >= 4 is 28.2 Å². The van der Waals surface area contributed by atoms with Crippen molar-refractivity contribution in [2.24, 2.45) is 0 Å². The van der Waals surface area contributed by atoms with Gasteiger partial charge in [-0.2, -0.15) is 5.10 Å². The number of hydrogen-bond acceptors (Lipinski definition) is 5. The number of nitrogens with zero attached hydrogens (tertiary/aromatic N) is 3. The van der Waals surface area contributed by atoms with Crippen LogP contribution in [0.4, 0.5) is 0 Å². The number of likely N-dealkylation sites (tertiary alicyclic amines) is 1. The predicted octanol–water partition coefficient (Wildman–Crippen LogP) is 3.57. The molecule has 3 heterocycles. The molecule has 1 amide bonds. The van der Waals surface area contributed by atoms with Gasteiger partial charge in [-0.1, -0.05) is 42.0 Å². The van der Waals surface area contributed by atoms with E-state index in [2.05, 4.69) is 56.7 Å². The second-order valence-electron chi connectivity index (χ2n) is 10.2. The molecule has 2 aromatic heterocycles. The molecular formula is C30H29N5O3. The van der Waals surface area contributed by atoms with Crippen LogP contribution in [0.25, 0.3) is 16.5 Å². The number of aliphatic hydroxyl groups is 1. The maximum Gasteiger partial charge on any atom is 0.258 e. The lowest BCUT2D eigenvalue weighted by atomic mass is 9.98. The number of ketones is 1. The standard InChI is InChI=1S/C30H29N5O3/c1-19-2-4-20(5-3-19)15-35-16-23(13-31-35)30(38)32-24-7-9-29(37)26(12-24)28-11-22-10-21(6-8-27(22)33-28)14-34-17-25(36)18-34/h2-8,10-13,16,25,33,36H,9,14-15,17-18H2,1H3,(H,32,38). The Kier molecular flexibility index (Phi) is 6.27. The highest BCUT2D eigenvalue weighted by atomic mass is 16.3. The minimum atomic E-state index is -0.270. The molecule has 8 heteroatoms. The van der Waals surface area contributed by atoms with Gasteiger partial charge in [-0.15, -0.1) is 0 Å². The summed E-state index contributed by atoms with van der Waals surface area (Å²) >= 11 is 0. The van der Waals surface area contributed by atoms with Crippen molar-refractivity contribution in [3.05, 3.63) is 107 Å². The van der Waals surface area contributed by atoms with Gasteiger partial charge in [-0.25, -0.2) is 0 Å². The number of fused-ring (bicyclic) bond motifs is 1. The van der Waals surface area contributed by atoms with Crippen LogP contribution >= 0.6 is 0 Å². The predicted molar refractivity (Wildman–Crippen MR) is 145 cm³/mol. The number of benzene rings is 2. The third kappa shape index (κ3) is 5.09. The number of aromatic nitrogens is 3. The number of aryl methyl sites for hydroxylation is 1. The molecule has 0 saturated carbocycles. The molecule has 1 saturated heterocycles. The Balaban J connectivity index is 1.15. The molecule has 192 valence electrons. The number of nitrogens with one attached hydrogen (secondary N) is 2. The molecule has 8 nitrogen and oxygen atoms in total. The number of allylic oxidation sites excluding steroid dienone is 3. The summed E-state index contributed by atoms with van der Waals surface area (Å²) in [5.74, 6) is -0.274. The van der Waals surface area contributed by atoms with E-state index in [-0.39, 0.29) is 24.2 Å². The molecule has 0 bridgehead atoms. The summed E-state index contributed by atoms with van der Waals surface area (Å²) in [7, 11) is 0. The fourth-order valence-electron chi connectivity index (χ4n) is 4.93. The number of rotatable bonds is 7. The molecule has 0 unspecified atom stereocenters. The summed E-state index contributed by atoms with van der Waals surface area (Å²) in [6.07, 6.45) is 6.74. The highest BCUT2D eigenvalue weighted by Gasteiger charge is 2.24. The average molecular weight is 508 g/mol. The third-order valence-corrected chi connectivity index (χ3v) is 7.05. The van der Waals surface area contributed by atoms with Gasteiger partial charge in [0, 0.05) is 54.4 Å². The lowest BCUT2D eigenvalue weighted by Crippen LogP contribution is -2.49. The van der Waals surface area contributed by atoms with Crippen molar-refractivity contribution in [2.45, 2.75) is 32.5 Å². The number of carbonyl (C=O) groups is 2. The molecule has 0 atom stereocenters. The number of aromatic amines is 1. The normalized spacial score (nSPS) is 16.3. The highest BCUT2D eigenvalue weighted by molar-refractivity contribution is 6.23. The van der Waals surface area contributed by atoms with Gasteiger partial charge in [0.25, 0.3) is 5.91 Å². The molecule has 2 aliphatic rings. The topological polar surface area (TPSA) is 103 Å². The smallest absolute Gasteiger partial charge is 0.258 e. The Labute approximate surface area is 220 Å². The van der Waals surface area contributed by atoms with Crippen molar-refractivity contribution in [3.63, 3.8) is 0 Å². The molecule has 3 N–H and O–H groups in total. The van der Waals surface area contributed by atoms with Gasteiger partial charge >= 0.3 is 0 Å². The molecule has 1 aliphatic carbocycles. The van der Waals surface area contributed by atoms with E-state index in [0.29, 0.717) is 36.5 Å². The zero-order valence-corrected chi connectivity index (χ0v) is 21.1. The average Bonchev–Trinajstić information content (AvgIpc) is 3.52. The minimum Gasteiger partial charge on any atom is -0.390 e. The number of hydrogen-bond donors (Lipinski definition) is 3. The van der Waals surface area contributed by atoms with Gasteiger partial charge in [0.1, 0.15) is 0 Å². The number of carbonyl (C=O) groups excluding carboxylic acids is 2. The van der Waals surface area contributed by atoms with Gasteiger partial charge in [0.2, 0.25) is 0 Å². The van der Waals surface area contributed by atoms with Gasteiger partial charge in [-0.3, -0.25) is 19.2 Å². The van der Waals surface area contributed by atoms with Crippen LogP contribution in [0.15, 0.2) is 78.8 Å². The van der Waals surface area contributed by atoms with E-state index < -0.39 is 0 Å². The van der Waals surface area contributed by atoms with Crippen LogP contribution in [-0.4, -0.2) is 55.7 Å². The molecule has 4 aromatic rings. The molecular weight excluding hydrogens is 478 g/mol. The largest absolute Gasteiger partial charge is 0.390 e. The number of aliphatic hydroxyl groups excluding tert-OH is 1. The van der Waals surface area contributed by atoms with E-state index in [4.69, 9.17) is 0 Å². The molecule has 0 spiro atoms. The van der Waals surface area contributed by atoms with E-state index in [1.807, 2.05) is 19.1 Å². The summed E-state index contributed by atoms with van der Waals surface area (Å²) < 4.78 is 1.74. The van der Waals surface area contributed by atoms with Crippen LogP contribution < -0.4 is 5.32 Å². The lowest BCUT2D eigenvalue weighted by Gasteiger charge is -2.35. The Bertz CT molecular complexity index is 1590. The molecule has 2 aromatic carbocycles. The summed E-state index contributed by atoms with van der Waals surface area (Å²) in [5, 5.41) is 17.8. The minimum absolute atomic E-state index is 0.00439. The Morgan fingerprint density at radius 1 is 1.11 bits per heavy atom. The van der Waals surface area contributed by atoms with E-state index in [1.165, 1.54) is 5.56 Å². The van der Waals surface area contributed by atoms with Crippen LogP contribution in [0.1, 0.15) is 39.2 Å². The van der Waals surface area contributed by atoms with Gasteiger partial charge in [-0.05, 0) is 42.3 Å². The van der Waals surface area contributed by atoms with E-state index in [9.17, 15) is 14.7 Å².